The van der Waals surface area contributed by atoms with Crippen LogP contribution in [0.1, 0.15) is 13.3 Å². The van der Waals surface area contributed by atoms with Gasteiger partial charge in [0.2, 0.25) is 0 Å². The Morgan fingerprint density at radius 2 is 2.27 bits per heavy atom. The average Bonchev–Trinajstić information content (AvgIpc) is 2.21. The molecule has 0 atom stereocenters. The van der Waals surface area contributed by atoms with E-state index in [1.165, 1.54) is 6.07 Å². The van der Waals surface area contributed by atoms with Crippen LogP contribution in [-0.2, 0) is 6.54 Å². The van der Waals surface area contributed by atoms with Crippen molar-refractivity contribution >= 4 is 23.1 Å². The Hall–Kier alpha value is -1.29. The molecule has 0 bridgehead atoms. The number of aryl methyl sites for hydroxylation is 1. The van der Waals surface area contributed by atoms with Crippen molar-refractivity contribution in [3.8, 4) is 0 Å². The molecule has 0 N–H and O–H groups in total. The highest BCUT2D eigenvalue weighted by molar-refractivity contribution is 7.71. The second-order valence-electron chi connectivity index (χ2n) is 3.39. The lowest BCUT2D eigenvalue weighted by atomic mass is 10.2. The molecule has 0 aliphatic heterocycles. The molecule has 2 nitrogen and oxygen atoms in total. The minimum absolute atomic E-state index is 0.317. The van der Waals surface area contributed by atoms with E-state index in [9.17, 15) is 4.39 Å². The molecule has 78 valence electrons. The number of rotatable bonds is 2. The van der Waals surface area contributed by atoms with Crippen LogP contribution in [0.2, 0.25) is 0 Å². The number of para-hydroxylation sites is 1. The first-order valence-electron chi connectivity index (χ1n) is 4.88. The summed E-state index contributed by atoms with van der Waals surface area (Å²) in [5.74, 6) is -0.317. The number of aromatic nitrogens is 2. The Morgan fingerprint density at radius 3 is 3.00 bits per heavy atom. The standard InChI is InChI=1S/C11H11FN2S/c1-2-6-14-7-8-4-3-5-9(12)10(8)13-11(14)15/h3-5,7H,2,6H2,1H3. The minimum Gasteiger partial charge on any atom is -0.323 e. The van der Waals surface area contributed by atoms with E-state index in [1.54, 1.807) is 6.07 Å². The Labute approximate surface area is 92.4 Å². The van der Waals surface area contributed by atoms with Gasteiger partial charge in [-0.1, -0.05) is 19.1 Å². The number of benzene rings is 1. The zero-order chi connectivity index (χ0) is 10.8. The van der Waals surface area contributed by atoms with Crippen molar-refractivity contribution in [2.45, 2.75) is 19.9 Å². The Bertz CT molecular complexity index is 548. The molecule has 1 aromatic heterocycles. The summed E-state index contributed by atoms with van der Waals surface area (Å²) in [4.78, 5) is 4.10. The molecule has 2 rings (SSSR count). The molecule has 0 amide bonds. The molecular weight excluding hydrogens is 211 g/mol. The maximum absolute atomic E-state index is 13.4. The zero-order valence-electron chi connectivity index (χ0n) is 8.40. The summed E-state index contributed by atoms with van der Waals surface area (Å²) in [6.45, 7) is 2.88. The van der Waals surface area contributed by atoms with Crippen LogP contribution in [0, 0.1) is 10.6 Å². The lowest BCUT2D eigenvalue weighted by Gasteiger charge is -2.06. The first-order chi connectivity index (χ1) is 7.22. The predicted molar refractivity (Wildman–Crippen MR) is 60.8 cm³/mol. The van der Waals surface area contributed by atoms with Gasteiger partial charge in [0, 0.05) is 18.1 Å². The summed E-state index contributed by atoms with van der Waals surface area (Å²) in [5.41, 5.74) is 0.356. The van der Waals surface area contributed by atoms with Gasteiger partial charge in [0.1, 0.15) is 11.3 Å². The van der Waals surface area contributed by atoms with Gasteiger partial charge in [-0.05, 0) is 24.7 Å². The molecule has 4 heteroatoms. The fraction of sp³-hybridized carbons (Fsp3) is 0.273. The summed E-state index contributed by atoms with van der Waals surface area (Å²) in [6.07, 6.45) is 2.84. The van der Waals surface area contributed by atoms with Crippen LogP contribution in [0.4, 0.5) is 4.39 Å². The molecular formula is C11H11FN2S. The van der Waals surface area contributed by atoms with Crippen LogP contribution in [-0.4, -0.2) is 9.55 Å². The third-order valence-corrected chi connectivity index (χ3v) is 2.56. The van der Waals surface area contributed by atoms with Gasteiger partial charge < -0.3 is 4.57 Å². The maximum Gasteiger partial charge on any atom is 0.200 e. The topological polar surface area (TPSA) is 17.8 Å². The van der Waals surface area contributed by atoms with Crippen LogP contribution in [0.3, 0.4) is 0 Å². The SMILES string of the molecule is CCCn1cc2cccc(F)c2nc1=S. The number of fused-ring (bicyclic) bond motifs is 1. The molecule has 15 heavy (non-hydrogen) atoms. The number of nitrogens with zero attached hydrogens (tertiary/aromatic N) is 2. The smallest absolute Gasteiger partial charge is 0.200 e. The van der Waals surface area contributed by atoms with E-state index in [1.807, 2.05) is 16.8 Å². The van der Waals surface area contributed by atoms with Crippen molar-refractivity contribution in [2.24, 2.45) is 0 Å². The van der Waals surface area contributed by atoms with E-state index in [2.05, 4.69) is 11.9 Å². The highest BCUT2D eigenvalue weighted by Gasteiger charge is 2.03. The maximum atomic E-state index is 13.4. The van der Waals surface area contributed by atoms with Gasteiger partial charge in [0.25, 0.3) is 0 Å². The van der Waals surface area contributed by atoms with Crippen molar-refractivity contribution < 1.29 is 4.39 Å². The van der Waals surface area contributed by atoms with Gasteiger partial charge in [-0.2, -0.15) is 0 Å². The molecule has 1 aromatic carbocycles. The Morgan fingerprint density at radius 1 is 1.47 bits per heavy atom. The van der Waals surface area contributed by atoms with E-state index in [0.717, 1.165) is 18.4 Å². The van der Waals surface area contributed by atoms with Crippen LogP contribution in [0.5, 0.6) is 0 Å². The lowest BCUT2D eigenvalue weighted by molar-refractivity contribution is 0.628. The van der Waals surface area contributed by atoms with E-state index in [0.29, 0.717) is 10.3 Å². The highest BCUT2D eigenvalue weighted by Crippen LogP contribution is 2.14. The third-order valence-electron chi connectivity index (χ3n) is 2.23. The van der Waals surface area contributed by atoms with Crippen LogP contribution in [0.25, 0.3) is 10.9 Å². The second kappa shape index (κ2) is 4.06. The summed E-state index contributed by atoms with van der Waals surface area (Å²) < 4.78 is 15.7. The lowest BCUT2D eigenvalue weighted by Crippen LogP contribution is -2.02. The number of hydrogen-bond acceptors (Lipinski definition) is 2. The van der Waals surface area contributed by atoms with Crippen LogP contribution >= 0.6 is 12.2 Å². The summed E-state index contributed by atoms with van der Waals surface area (Å²) in [6, 6.07) is 4.92. The predicted octanol–water partition coefficient (Wildman–Crippen LogP) is 3.31. The molecule has 0 fully saturated rings. The fourth-order valence-electron chi connectivity index (χ4n) is 1.54. The minimum atomic E-state index is -0.317. The third kappa shape index (κ3) is 1.90. The van der Waals surface area contributed by atoms with Crippen molar-refractivity contribution in [2.75, 3.05) is 0 Å². The summed E-state index contributed by atoms with van der Waals surface area (Å²) in [5, 5.41) is 0.789. The monoisotopic (exact) mass is 222 g/mol. The first kappa shape index (κ1) is 10.2. The molecule has 0 aliphatic carbocycles. The van der Waals surface area contributed by atoms with E-state index >= 15 is 0 Å². The molecule has 0 aliphatic rings. The number of halogens is 1. The van der Waals surface area contributed by atoms with Crippen molar-refractivity contribution in [3.63, 3.8) is 0 Å². The van der Waals surface area contributed by atoms with Gasteiger partial charge in [-0.25, -0.2) is 9.37 Å². The Balaban J connectivity index is 2.71. The molecule has 0 saturated heterocycles. The van der Waals surface area contributed by atoms with Crippen molar-refractivity contribution in [1.82, 2.24) is 9.55 Å². The van der Waals surface area contributed by atoms with Crippen LogP contribution in [0.15, 0.2) is 24.4 Å². The van der Waals surface area contributed by atoms with Gasteiger partial charge >= 0.3 is 0 Å². The van der Waals surface area contributed by atoms with E-state index in [4.69, 9.17) is 12.2 Å². The highest BCUT2D eigenvalue weighted by atomic mass is 32.1. The molecule has 0 saturated carbocycles. The molecule has 1 heterocycles. The van der Waals surface area contributed by atoms with Gasteiger partial charge in [-0.3, -0.25) is 0 Å². The van der Waals surface area contributed by atoms with E-state index in [-0.39, 0.29) is 5.82 Å². The molecule has 0 unspecified atom stereocenters. The second-order valence-corrected chi connectivity index (χ2v) is 3.76. The molecule has 0 radical (unpaired) electrons. The quantitative estimate of drug-likeness (QED) is 0.725. The van der Waals surface area contributed by atoms with Crippen LogP contribution < -0.4 is 0 Å². The normalized spacial score (nSPS) is 10.8. The number of hydrogen-bond donors (Lipinski definition) is 0. The largest absolute Gasteiger partial charge is 0.323 e. The van der Waals surface area contributed by atoms with Gasteiger partial charge in [0.05, 0.1) is 0 Å². The van der Waals surface area contributed by atoms with Gasteiger partial charge in [-0.15, -0.1) is 0 Å². The van der Waals surface area contributed by atoms with Crippen molar-refractivity contribution in [3.05, 3.63) is 35.0 Å². The van der Waals surface area contributed by atoms with E-state index < -0.39 is 0 Å². The molecule has 2 aromatic rings. The zero-order valence-corrected chi connectivity index (χ0v) is 9.22. The Kier molecular flexibility index (Phi) is 2.77. The summed E-state index contributed by atoms with van der Waals surface area (Å²) >= 11 is 5.09. The summed E-state index contributed by atoms with van der Waals surface area (Å²) in [7, 11) is 0. The fourth-order valence-corrected chi connectivity index (χ4v) is 1.77. The molecule has 0 spiro atoms. The average molecular weight is 222 g/mol. The first-order valence-corrected chi connectivity index (χ1v) is 5.29. The van der Waals surface area contributed by atoms with Crippen molar-refractivity contribution in [1.29, 1.82) is 0 Å². The van der Waals surface area contributed by atoms with Gasteiger partial charge in [0.15, 0.2) is 4.77 Å².